The van der Waals surface area contributed by atoms with Crippen LogP contribution in [0.25, 0.3) is 0 Å². The zero-order chi connectivity index (χ0) is 13.3. The number of amides is 1. The summed E-state index contributed by atoms with van der Waals surface area (Å²) in [4.78, 5) is 23.4. The average molecular weight is 259 g/mol. The van der Waals surface area contributed by atoms with E-state index in [1.807, 2.05) is 12.5 Å². The molecule has 1 amide bonds. The van der Waals surface area contributed by atoms with E-state index in [0.29, 0.717) is 12.2 Å². The van der Waals surface area contributed by atoms with E-state index in [1.54, 1.807) is 12.4 Å². The van der Waals surface area contributed by atoms with E-state index < -0.39 is 0 Å². The molecule has 0 atom stereocenters. The van der Waals surface area contributed by atoms with Gasteiger partial charge in [0.1, 0.15) is 5.69 Å². The Labute approximate surface area is 111 Å². The molecule has 2 heterocycles. The minimum atomic E-state index is -0.164. The highest BCUT2D eigenvalue weighted by Crippen LogP contribution is 1.98. The highest BCUT2D eigenvalue weighted by atomic mass is 16.1. The molecule has 19 heavy (non-hydrogen) atoms. The van der Waals surface area contributed by atoms with Crippen LogP contribution in [-0.4, -0.2) is 32.0 Å². The van der Waals surface area contributed by atoms with Gasteiger partial charge in [-0.2, -0.15) is 0 Å². The molecule has 0 fully saturated rings. The van der Waals surface area contributed by atoms with Crippen LogP contribution in [0.15, 0.2) is 37.3 Å². The van der Waals surface area contributed by atoms with E-state index in [0.717, 1.165) is 25.8 Å². The number of unbranched alkanes of at least 4 members (excludes halogenated alkanes) is 2. The van der Waals surface area contributed by atoms with Crippen molar-refractivity contribution in [2.45, 2.75) is 25.8 Å². The molecular formula is C13H17N5O. The fraction of sp³-hybridized carbons (Fsp3) is 0.385. The molecule has 0 unspecified atom stereocenters. The lowest BCUT2D eigenvalue weighted by Crippen LogP contribution is -2.25. The van der Waals surface area contributed by atoms with Crippen LogP contribution in [0, 0.1) is 0 Å². The Morgan fingerprint density at radius 1 is 1.16 bits per heavy atom. The Balaban J connectivity index is 1.56. The van der Waals surface area contributed by atoms with Crippen LogP contribution in [0.5, 0.6) is 0 Å². The molecule has 2 rings (SSSR count). The molecule has 0 radical (unpaired) electrons. The van der Waals surface area contributed by atoms with Crippen molar-refractivity contribution in [3.05, 3.63) is 43.0 Å². The van der Waals surface area contributed by atoms with E-state index in [4.69, 9.17) is 0 Å². The Morgan fingerprint density at radius 2 is 2.11 bits per heavy atom. The molecule has 0 aliphatic rings. The predicted octanol–water partition coefficient (Wildman–Crippen LogP) is 1.27. The normalized spacial score (nSPS) is 10.3. The highest BCUT2D eigenvalue weighted by molar-refractivity contribution is 5.91. The van der Waals surface area contributed by atoms with E-state index in [2.05, 4.69) is 24.8 Å². The van der Waals surface area contributed by atoms with Crippen LogP contribution in [0.1, 0.15) is 29.8 Å². The summed E-state index contributed by atoms with van der Waals surface area (Å²) < 4.78 is 2.05. The van der Waals surface area contributed by atoms with Crippen molar-refractivity contribution in [2.24, 2.45) is 0 Å². The van der Waals surface area contributed by atoms with Gasteiger partial charge in [-0.25, -0.2) is 9.97 Å². The van der Waals surface area contributed by atoms with Crippen LogP contribution < -0.4 is 5.32 Å². The summed E-state index contributed by atoms with van der Waals surface area (Å²) in [5.41, 5.74) is 0.362. The van der Waals surface area contributed by atoms with Gasteiger partial charge in [0.2, 0.25) is 0 Å². The van der Waals surface area contributed by atoms with Crippen molar-refractivity contribution in [1.29, 1.82) is 0 Å². The average Bonchev–Trinajstić information content (AvgIpc) is 2.96. The van der Waals surface area contributed by atoms with Crippen molar-refractivity contribution in [3.8, 4) is 0 Å². The zero-order valence-corrected chi connectivity index (χ0v) is 10.7. The number of rotatable bonds is 7. The Kier molecular flexibility index (Phi) is 5.04. The second kappa shape index (κ2) is 7.25. The lowest BCUT2D eigenvalue weighted by molar-refractivity contribution is 0.0947. The van der Waals surface area contributed by atoms with E-state index in [9.17, 15) is 4.79 Å². The number of hydrogen-bond acceptors (Lipinski definition) is 4. The Hall–Kier alpha value is -2.24. The first-order chi connectivity index (χ1) is 9.36. The molecule has 1 N–H and O–H groups in total. The number of aryl methyl sites for hydroxylation is 1. The van der Waals surface area contributed by atoms with Gasteiger partial charge < -0.3 is 9.88 Å². The van der Waals surface area contributed by atoms with Gasteiger partial charge in [0.05, 0.1) is 12.5 Å². The van der Waals surface area contributed by atoms with Crippen LogP contribution in [0.2, 0.25) is 0 Å². The second-order valence-electron chi connectivity index (χ2n) is 4.21. The summed E-state index contributed by atoms with van der Waals surface area (Å²) in [6.07, 6.45) is 13.2. The van der Waals surface area contributed by atoms with Gasteiger partial charge in [0.25, 0.3) is 5.91 Å². The number of carbonyl (C=O) groups is 1. The molecule has 2 aromatic heterocycles. The predicted molar refractivity (Wildman–Crippen MR) is 70.4 cm³/mol. The molecule has 2 aromatic rings. The van der Waals surface area contributed by atoms with Crippen molar-refractivity contribution in [3.63, 3.8) is 0 Å². The fourth-order valence-electron chi connectivity index (χ4n) is 1.72. The summed E-state index contributed by atoms with van der Waals surface area (Å²) in [5.74, 6) is -0.164. The van der Waals surface area contributed by atoms with E-state index >= 15 is 0 Å². The van der Waals surface area contributed by atoms with Gasteiger partial charge in [-0.3, -0.25) is 9.78 Å². The van der Waals surface area contributed by atoms with Crippen LogP contribution in [0.3, 0.4) is 0 Å². The molecule has 0 aromatic carbocycles. The first-order valence-corrected chi connectivity index (χ1v) is 6.36. The third-order valence-corrected chi connectivity index (χ3v) is 2.73. The summed E-state index contributed by atoms with van der Waals surface area (Å²) in [7, 11) is 0. The van der Waals surface area contributed by atoms with Crippen LogP contribution in [0.4, 0.5) is 0 Å². The monoisotopic (exact) mass is 259 g/mol. The van der Waals surface area contributed by atoms with Crippen molar-refractivity contribution < 1.29 is 4.79 Å². The topological polar surface area (TPSA) is 72.7 Å². The maximum atomic E-state index is 11.6. The van der Waals surface area contributed by atoms with E-state index in [-0.39, 0.29) is 5.91 Å². The number of aromatic nitrogens is 4. The molecule has 100 valence electrons. The van der Waals surface area contributed by atoms with Crippen molar-refractivity contribution >= 4 is 5.91 Å². The maximum Gasteiger partial charge on any atom is 0.271 e. The van der Waals surface area contributed by atoms with Crippen molar-refractivity contribution in [1.82, 2.24) is 24.8 Å². The largest absolute Gasteiger partial charge is 0.351 e. The molecule has 0 saturated carbocycles. The molecule has 0 aliphatic heterocycles. The van der Waals surface area contributed by atoms with Crippen LogP contribution in [-0.2, 0) is 6.54 Å². The third kappa shape index (κ3) is 4.50. The SMILES string of the molecule is O=C(NCCCCCn1ccnc1)c1cnccn1. The number of nitrogens with one attached hydrogen (secondary N) is 1. The molecular weight excluding hydrogens is 242 g/mol. The minimum absolute atomic E-state index is 0.164. The lowest BCUT2D eigenvalue weighted by atomic mass is 10.2. The smallest absolute Gasteiger partial charge is 0.271 e. The number of hydrogen-bond donors (Lipinski definition) is 1. The fourth-order valence-corrected chi connectivity index (χ4v) is 1.72. The van der Waals surface area contributed by atoms with E-state index in [1.165, 1.54) is 12.4 Å². The lowest BCUT2D eigenvalue weighted by Gasteiger charge is -2.04. The molecule has 6 heteroatoms. The van der Waals surface area contributed by atoms with Crippen molar-refractivity contribution in [2.75, 3.05) is 6.54 Å². The summed E-state index contributed by atoms with van der Waals surface area (Å²) in [6.45, 7) is 1.64. The van der Waals surface area contributed by atoms with Gasteiger partial charge in [-0.05, 0) is 19.3 Å². The molecule has 0 aliphatic carbocycles. The highest BCUT2D eigenvalue weighted by Gasteiger charge is 2.04. The Morgan fingerprint density at radius 3 is 2.84 bits per heavy atom. The summed E-state index contributed by atoms with van der Waals surface area (Å²) in [5, 5.41) is 2.83. The van der Waals surface area contributed by atoms with Gasteiger partial charge >= 0.3 is 0 Å². The number of nitrogens with zero attached hydrogens (tertiary/aromatic N) is 4. The number of imidazole rings is 1. The molecule has 0 spiro atoms. The van der Waals surface area contributed by atoms with Gasteiger partial charge in [-0.1, -0.05) is 0 Å². The third-order valence-electron chi connectivity index (χ3n) is 2.73. The minimum Gasteiger partial charge on any atom is -0.351 e. The van der Waals surface area contributed by atoms with Gasteiger partial charge in [0, 0.05) is 37.9 Å². The standard InChI is InChI=1S/C13H17N5O/c19-13(12-10-14-5-6-16-12)17-4-2-1-3-8-18-9-7-15-11-18/h5-7,9-11H,1-4,8H2,(H,17,19). The van der Waals surface area contributed by atoms with Crippen LogP contribution >= 0.6 is 0 Å². The summed E-state index contributed by atoms with van der Waals surface area (Å²) in [6, 6.07) is 0. The maximum absolute atomic E-state index is 11.6. The zero-order valence-electron chi connectivity index (χ0n) is 10.7. The summed E-state index contributed by atoms with van der Waals surface area (Å²) >= 11 is 0. The quantitative estimate of drug-likeness (QED) is 0.760. The molecule has 0 saturated heterocycles. The van der Waals surface area contributed by atoms with Gasteiger partial charge in [0.15, 0.2) is 0 Å². The second-order valence-corrected chi connectivity index (χ2v) is 4.21. The molecule has 0 bridgehead atoms. The Bertz CT molecular complexity index is 483. The first-order valence-electron chi connectivity index (χ1n) is 6.36. The first kappa shape index (κ1) is 13.2. The number of carbonyl (C=O) groups excluding carboxylic acids is 1. The molecule has 6 nitrogen and oxygen atoms in total. The van der Waals surface area contributed by atoms with Gasteiger partial charge in [-0.15, -0.1) is 0 Å².